The van der Waals surface area contributed by atoms with Crippen LogP contribution >= 0.6 is 11.6 Å². The maximum Gasteiger partial charge on any atom is 0.417 e. The van der Waals surface area contributed by atoms with E-state index >= 15 is 0 Å². The summed E-state index contributed by atoms with van der Waals surface area (Å²) in [5.41, 5.74) is 0.404. The molecule has 1 aromatic carbocycles. The molecule has 0 spiro atoms. The van der Waals surface area contributed by atoms with Gasteiger partial charge in [0.1, 0.15) is 0 Å². The van der Waals surface area contributed by atoms with Gasteiger partial charge in [0.2, 0.25) is 0 Å². The second-order valence-electron chi connectivity index (χ2n) is 3.31. The number of alkyl halides is 3. The van der Waals surface area contributed by atoms with Crippen molar-refractivity contribution in [3.63, 3.8) is 0 Å². The number of aromatic nitrogens is 1. The van der Waals surface area contributed by atoms with Gasteiger partial charge in [-0.15, -0.1) is 0 Å². The molecular weight excluding hydrogens is 239 g/mol. The predicted octanol–water partition coefficient (Wildman–Crippen LogP) is 4.35. The van der Waals surface area contributed by atoms with Gasteiger partial charge in [-0.05, 0) is 23.8 Å². The molecule has 0 fully saturated rings. The number of H-pyrrole nitrogens is 1. The SMILES string of the molecule is FC(F)(F)c1c[nH]c(-c2ccc(Cl)cc2)c1. The van der Waals surface area contributed by atoms with Gasteiger partial charge in [-0.3, -0.25) is 0 Å². The topological polar surface area (TPSA) is 15.8 Å². The minimum Gasteiger partial charge on any atom is -0.361 e. The van der Waals surface area contributed by atoms with Crippen LogP contribution in [-0.4, -0.2) is 4.98 Å². The van der Waals surface area contributed by atoms with Gasteiger partial charge < -0.3 is 4.98 Å². The van der Waals surface area contributed by atoms with Crippen molar-refractivity contribution in [2.75, 3.05) is 0 Å². The second-order valence-corrected chi connectivity index (χ2v) is 3.74. The Hall–Kier alpha value is -1.42. The molecule has 0 saturated heterocycles. The number of hydrogen-bond donors (Lipinski definition) is 1. The molecule has 0 saturated carbocycles. The first-order valence-corrected chi connectivity index (χ1v) is 4.86. The largest absolute Gasteiger partial charge is 0.417 e. The van der Waals surface area contributed by atoms with E-state index in [-0.39, 0.29) is 0 Å². The Labute approximate surface area is 94.9 Å². The molecule has 5 heteroatoms. The summed E-state index contributed by atoms with van der Waals surface area (Å²) in [6.45, 7) is 0. The Bertz CT molecular complexity index is 485. The van der Waals surface area contributed by atoms with Crippen molar-refractivity contribution in [2.45, 2.75) is 6.18 Å². The molecule has 2 rings (SSSR count). The molecule has 0 aliphatic rings. The van der Waals surface area contributed by atoms with Gasteiger partial charge >= 0.3 is 6.18 Å². The minimum atomic E-state index is -4.32. The van der Waals surface area contributed by atoms with Crippen molar-refractivity contribution >= 4 is 11.6 Å². The van der Waals surface area contributed by atoms with Crippen molar-refractivity contribution in [2.24, 2.45) is 0 Å². The van der Waals surface area contributed by atoms with E-state index in [1.54, 1.807) is 24.3 Å². The summed E-state index contributed by atoms with van der Waals surface area (Å²) < 4.78 is 37.0. The molecule has 0 amide bonds. The molecule has 84 valence electrons. The van der Waals surface area contributed by atoms with Gasteiger partial charge in [-0.1, -0.05) is 23.7 Å². The molecule has 1 nitrogen and oxygen atoms in total. The molecule has 0 unspecified atom stereocenters. The highest BCUT2D eigenvalue weighted by atomic mass is 35.5. The van der Waals surface area contributed by atoms with E-state index < -0.39 is 11.7 Å². The zero-order chi connectivity index (χ0) is 11.8. The van der Waals surface area contributed by atoms with Crippen molar-refractivity contribution in [1.29, 1.82) is 0 Å². The molecule has 0 radical (unpaired) electrons. The van der Waals surface area contributed by atoms with Crippen LogP contribution < -0.4 is 0 Å². The summed E-state index contributed by atoms with van der Waals surface area (Å²) >= 11 is 5.69. The lowest BCUT2D eigenvalue weighted by Gasteiger charge is -2.01. The molecule has 16 heavy (non-hydrogen) atoms. The van der Waals surface area contributed by atoms with Crippen LogP contribution in [-0.2, 0) is 6.18 Å². The maximum absolute atomic E-state index is 12.3. The molecule has 2 aromatic rings. The Balaban J connectivity index is 2.35. The van der Waals surface area contributed by atoms with Gasteiger partial charge in [-0.2, -0.15) is 13.2 Å². The standard InChI is InChI=1S/C11H7ClF3N/c12-9-3-1-7(2-4-9)10-5-8(6-16-10)11(13,14)15/h1-6,16H. The fourth-order valence-electron chi connectivity index (χ4n) is 1.35. The Kier molecular flexibility index (Phi) is 2.68. The molecule has 1 heterocycles. The first-order chi connectivity index (χ1) is 7.47. The van der Waals surface area contributed by atoms with Crippen molar-refractivity contribution in [3.8, 4) is 11.3 Å². The van der Waals surface area contributed by atoms with Crippen LogP contribution in [0.1, 0.15) is 5.56 Å². The van der Waals surface area contributed by atoms with Gasteiger partial charge in [-0.25, -0.2) is 0 Å². The third-order valence-electron chi connectivity index (χ3n) is 2.17. The Morgan fingerprint density at radius 1 is 1.06 bits per heavy atom. The lowest BCUT2D eigenvalue weighted by atomic mass is 10.1. The molecule has 1 aromatic heterocycles. The summed E-state index contributed by atoms with van der Waals surface area (Å²) in [5.74, 6) is 0. The van der Waals surface area contributed by atoms with Crippen LogP contribution in [0.2, 0.25) is 5.02 Å². The Morgan fingerprint density at radius 3 is 2.19 bits per heavy atom. The van der Waals surface area contributed by atoms with E-state index in [0.29, 0.717) is 16.3 Å². The fourth-order valence-corrected chi connectivity index (χ4v) is 1.48. The second kappa shape index (κ2) is 3.87. The number of nitrogens with one attached hydrogen (secondary N) is 1. The van der Waals surface area contributed by atoms with Crippen LogP contribution in [0.25, 0.3) is 11.3 Å². The van der Waals surface area contributed by atoms with E-state index in [0.717, 1.165) is 12.3 Å². The van der Waals surface area contributed by atoms with E-state index in [9.17, 15) is 13.2 Å². The first kappa shape index (κ1) is 11.1. The molecule has 0 aliphatic heterocycles. The van der Waals surface area contributed by atoms with Crippen molar-refractivity contribution in [3.05, 3.63) is 47.1 Å². The van der Waals surface area contributed by atoms with Crippen molar-refractivity contribution < 1.29 is 13.2 Å². The third kappa shape index (κ3) is 2.22. The maximum atomic E-state index is 12.3. The summed E-state index contributed by atoms with van der Waals surface area (Å²) in [6.07, 6.45) is -3.37. The van der Waals surface area contributed by atoms with Gasteiger partial charge in [0.15, 0.2) is 0 Å². The van der Waals surface area contributed by atoms with E-state index in [2.05, 4.69) is 4.98 Å². The first-order valence-electron chi connectivity index (χ1n) is 4.48. The van der Waals surface area contributed by atoms with E-state index in [1.165, 1.54) is 0 Å². The minimum absolute atomic E-state index is 0.420. The summed E-state index contributed by atoms with van der Waals surface area (Å²) in [4.78, 5) is 2.58. The van der Waals surface area contributed by atoms with Crippen molar-refractivity contribution in [1.82, 2.24) is 4.98 Å². The van der Waals surface area contributed by atoms with Gasteiger partial charge in [0, 0.05) is 16.9 Å². The van der Waals surface area contributed by atoms with Crippen LogP contribution in [0.4, 0.5) is 13.2 Å². The van der Waals surface area contributed by atoms with E-state index in [1.807, 2.05) is 0 Å². The molecule has 0 bridgehead atoms. The summed E-state index contributed by atoms with van der Waals surface area (Å²) in [6, 6.07) is 7.65. The third-order valence-corrected chi connectivity index (χ3v) is 2.42. The zero-order valence-corrected chi connectivity index (χ0v) is 8.73. The smallest absolute Gasteiger partial charge is 0.361 e. The normalized spacial score (nSPS) is 11.8. The average molecular weight is 246 g/mol. The predicted molar refractivity (Wildman–Crippen MR) is 56.2 cm³/mol. The quantitative estimate of drug-likeness (QED) is 0.769. The van der Waals surface area contributed by atoms with Gasteiger partial charge in [0.05, 0.1) is 5.56 Å². The number of benzene rings is 1. The van der Waals surface area contributed by atoms with Crippen LogP contribution in [0.15, 0.2) is 36.5 Å². The lowest BCUT2D eigenvalue weighted by Crippen LogP contribution is -2.02. The highest BCUT2D eigenvalue weighted by Gasteiger charge is 2.31. The Morgan fingerprint density at radius 2 is 1.69 bits per heavy atom. The molecule has 0 aliphatic carbocycles. The molecule has 1 N–H and O–H groups in total. The summed E-state index contributed by atoms with van der Waals surface area (Å²) in [5, 5.41) is 0.548. The highest BCUT2D eigenvalue weighted by Crippen LogP contribution is 2.32. The highest BCUT2D eigenvalue weighted by molar-refractivity contribution is 6.30. The number of halogens is 4. The fraction of sp³-hybridized carbons (Fsp3) is 0.0909. The molecule has 0 atom stereocenters. The average Bonchev–Trinajstić information content (AvgIpc) is 2.67. The zero-order valence-electron chi connectivity index (χ0n) is 7.98. The van der Waals surface area contributed by atoms with Crippen LogP contribution in [0, 0.1) is 0 Å². The van der Waals surface area contributed by atoms with Gasteiger partial charge in [0.25, 0.3) is 0 Å². The van der Waals surface area contributed by atoms with E-state index in [4.69, 9.17) is 11.6 Å². The summed E-state index contributed by atoms with van der Waals surface area (Å²) in [7, 11) is 0. The van der Waals surface area contributed by atoms with Crippen LogP contribution in [0.3, 0.4) is 0 Å². The number of aromatic amines is 1. The molecular formula is C11H7ClF3N. The van der Waals surface area contributed by atoms with Crippen LogP contribution in [0.5, 0.6) is 0 Å². The number of hydrogen-bond acceptors (Lipinski definition) is 0. The monoisotopic (exact) mass is 245 g/mol. The number of rotatable bonds is 1. The lowest BCUT2D eigenvalue weighted by molar-refractivity contribution is -0.137.